The second-order valence-corrected chi connectivity index (χ2v) is 3.80. The number of esters is 1. The van der Waals surface area contributed by atoms with Crippen molar-refractivity contribution in [2.24, 2.45) is 0 Å². The van der Waals surface area contributed by atoms with Crippen LogP contribution in [0.15, 0.2) is 18.2 Å². The fraction of sp³-hybridized carbons (Fsp3) is 0.429. The van der Waals surface area contributed by atoms with E-state index in [4.69, 9.17) is 4.74 Å². The number of hydrogen-bond donors (Lipinski definition) is 0. The summed E-state index contributed by atoms with van der Waals surface area (Å²) in [6.45, 7) is 4.26. The van der Waals surface area contributed by atoms with E-state index in [9.17, 15) is 9.59 Å². The van der Waals surface area contributed by atoms with E-state index in [1.807, 2.05) is 19.1 Å². The van der Waals surface area contributed by atoms with Gasteiger partial charge in [-0.05, 0) is 37.0 Å². The summed E-state index contributed by atoms with van der Waals surface area (Å²) in [5.41, 5.74) is 2.92. The number of carbonyl (C=O) groups excluding carboxylic acids is 2. The van der Waals surface area contributed by atoms with Crippen LogP contribution in [0.2, 0.25) is 0 Å². The molecule has 0 saturated heterocycles. The SMILES string of the molecule is CCOC(=O)CCc1ccc(C=O)cc1CC. The van der Waals surface area contributed by atoms with Crippen molar-refractivity contribution in [3.8, 4) is 0 Å². The lowest BCUT2D eigenvalue weighted by Gasteiger charge is -2.08. The number of aryl methyl sites for hydroxylation is 2. The molecule has 0 fully saturated rings. The second-order valence-electron chi connectivity index (χ2n) is 3.80. The molecule has 0 heterocycles. The summed E-state index contributed by atoms with van der Waals surface area (Å²) in [5.74, 6) is -0.172. The maximum absolute atomic E-state index is 11.3. The Balaban J connectivity index is 2.70. The maximum Gasteiger partial charge on any atom is 0.306 e. The van der Waals surface area contributed by atoms with Gasteiger partial charge >= 0.3 is 5.97 Å². The van der Waals surface area contributed by atoms with E-state index in [2.05, 4.69) is 0 Å². The molecule has 0 bridgehead atoms. The Bertz CT molecular complexity index is 396. The summed E-state index contributed by atoms with van der Waals surface area (Å²) >= 11 is 0. The minimum Gasteiger partial charge on any atom is -0.466 e. The van der Waals surface area contributed by atoms with Crippen LogP contribution in [0.1, 0.15) is 41.8 Å². The highest BCUT2D eigenvalue weighted by atomic mass is 16.5. The Kier molecular flexibility index (Phi) is 5.40. The molecule has 1 rings (SSSR count). The van der Waals surface area contributed by atoms with E-state index in [1.54, 1.807) is 13.0 Å². The largest absolute Gasteiger partial charge is 0.466 e. The first kappa shape index (κ1) is 13.4. The highest BCUT2D eigenvalue weighted by molar-refractivity contribution is 5.75. The molecule has 92 valence electrons. The van der Waals surface area contributed by atoms with Gasteiger partial charge in [0.15, 0.2) is 0 Å². The van der Waals surface area contributed by atoms with Crippen molar-refractivity contribution in [2.75, 3.05) is 6.61 Å². The molecule has 0 aromatic heterocycles. The van der Waals surface area contributed by atoms with Crippen LogP contribution in [0.5, 0.6) is 0 Å². The van der Waals surface area contributed by atoms with Gasteiger partial charge in [0.2, 0.25) is 0 Å². The van der Waals surface area contributed by atoms with Gasteiger partial charge in [0.25, 0.3) is 0 Å². The lowest BCUT2D eigenvalue weighted by Crippen LogP contribution is -2.06. The summed E-state index contributed by atoms with van der Waals surface area (Å²) in [7, 11) is 0. The summed E-state index contributed by atoms with van der Waals surface area (Å²) < 4.78 is 4.89. The molecule has 3 nitrogen and oxygen atoms in total. The minimum absolute atomic E-state index is 0.172. The summed E-state index contributed by atoms with van der Waals surface area (Å²) in [4.78, 5) is 21.9. The number of aldehydes is 1. The molecule has 0 aliphatic heterocycles. The molecule has 0 saturated carbocycles. The van der Waals surface area contributed by atoms with Gasteiger partial charge < -0.3 is 4.74 Å². The summed E-state index contributed by atoms with van der Waals surface area (Å²) in [5, 5.41) is 0. The summed E-state index contributed by atoms with van der Waals surface area (Å²) in [6, 6.07) is 5.59. The first-order chi connectivity index (χ1) is 8.21. The predicted octanol–water partition coefficient (Wildman–Crippen LogP) is 2.56. The smallest absolute Gasteiger partial charge is 0.306 e. The fourth-order valence-electron chi connectivity index (χ4n) is 1.76. The van der Waals surface area contributed by atoms with Crippen LogP contribution in [0.25, 0.3) is 0 Å². The molecule has 3 heteroatoms. The van der Waals surface area contributed by atoms with Gasteiger partial charge in [-0.1, -0.05) is 19.1 Å². The average Bonchev–Trinajstić information content (AvgIpc) is 2.36. The number of carbonyl (C=O) groups is 2. The molecular formula is C14H18O3. The number of rotatable bonds is 6. The highest BCUT2D eigenvalue weighted by Crippen LogP contribution is 2.14. The molecule has 0 N–H and O–H groups in total. The molecule has 0 unspecified atom stereocenters. The van der Waals surface area contributed by atoms with Crippen LogP contribution in [0.3, 0.4) is 0 Å². The van der Waals surface area contributed by atoms with Crippen molar-refractivity contribution in [3.05, 3.63) is 34.9 Å². The van der Waals surface area contributed by atoms with Crippen LogP contribution in [0.4, 0.5) is 0 Å². The zero-order valence-corrected chi connectivity index (χ0v) is 10.4. The first-order valence-corrected chi connectivity index (χ1v) is 5.93. The summed E-state index contributed by atoms with van der Waals surface area (Å²) in [6.07, 6.45) is 2.76. The standard InChI is InChI=1S/C14H18O3/c1-3-12-9-11(10-15)5-6-13(12)7-8-14(16)17-4-2/h5-6,9-10H,3-4,7-8H2,1-2H3. The Morgan fingerprint density at radius 3 is 2.65 bits per heavy atom. The number of hydrogen-bond acceptors (Lipinski definition) is 3. The maximum atomic E-state index is 11.3. The normalized spacial score (nSPS) is 10.0. The Morgan fingerprint density at radius 1 is 1.29 bits per heavy atom. The van der Waals surface area contributed by atoms with Crippen LogP contribution in [-0.4, -0.2) is 18.9 Å². The highest BCUT2D eigenvalue weighted by Gasteiger charge is 2.06. The lowest BCUT2D eigenvalue weighted by molar-refractivity contribution is -0.143. The zero-order chi connectivity index (χ0) is 12.7. The topological polar surface area (TPSA) is 43.4 Å². The van der Waals surface area contributed by atoms with E-state index in [0.29, 0.717) is 25.0 Å². The monoisotopic (exact) mass is 234 g/mol. The Hall–Kier alpha value is -1.64. The predicted molar refractivity (Wildman–Crippen MR) is 66.2 cm³/mol. The first-order valence-electron chi connectivity index (χ1n) is 5.93. The van der Waals surface area contributed by atoms with E-state index in [1.165, 1.54) is 0 Å². The molecule has 0 amide bonds. The molecule has 0 radical (unpaired) electrons. The third-order valence-corrected chi connectivity index (χ3v) is 2.65. The van der Waals surface area contributed by atoms with Gasteiger partial charge in [-0.15, -0.1) is 0 Å². The van der Waals surface area contributed by atoms with Crippen molar-refractivity contribution in [2.45, 2.75) is 33.1 Å². The third-order valence-electron chi connectivity index (χ3n) is 2.65. The number of benzene rings is 1. The minimum atomic E-state index is -0.172. The van der Waals surface area contributed by atoms with Crippen molar-refractivity contribution in [1.82, 2.24) is 0 Å². The van der Waals surface area contributed by atoms with Crippen LogP contribution in [-0.2, 0) is 22.4 Å². The molecule has 17 heavy (non-hydrogen) atoms. The molecule has 1 aromatic carbocycles. The quantitative estimate of drug-likeness (QED) is 0.561. The van der Waals surface area contributed by atoms with Crippen LogP contribution < -0.4 is 0 Å². The van der Waals surface area contributed by atoms with Crippen molar-refractivity contribution < 1.29 is 14.3 Å². The van der Waals surface area contributed by atoms with Gasteiger partial charge in [0, 0.05) is 12.0 Å². The van der Waals surface area contributed by atoms with E-state index < -0.39 is 0 Å². The van der Waals surface area contributed by atoms with Gasteiger partial charge in [-0.25, -0.2) is 0 Å². The van der Waals surface area contributed by atoms with Gasteiger partial charge in [0.05, 0.1) is 6.61 Å². The molecule has 0 aliphatic rings. The van der Waals surface area contributed by atoms with Crippen LogP contribution >= 0.6 is 0 Å². The second kappa shape index (κ2) is 6.84. The molecule has 1 aromatic rings. The van der Waals surface area contributed by atoms with E-state index in [0.717, 1.165) is 23.8 Å². The lowest BCUT2D eigenvalue weighted by atomic mass is 9.99. The van der Waals surface area contributed by atoms with E-state index in [-0.39, 0.29) is 5.97 Å². The van der Waals surface area contributed by atoms with Crippen LogP contribution in [0, 0.1) is 0 Å². The van der Waals surface area contributed by atoms with Crippen molar-refractivity contribution in [3.63, 3.8) is 0 Å². The number of ether oxygens (including phenoxy) is 1. The third kappa shape index (κ3) is 4.02. The van der Waals surface area contributed by atoms with Gasteiger partial charge in [-0.3, -0.25) is 9.59 Å². The molecule has 0 spiro atoms. The van der Waals surface area contributed by atoms with Gasteiger partial charge in [-0.2, -0.15) is 0 Å². The molecular weight excluding hydrogens is 216 g/mol. The van der Waals surface area contributed by atoms with Crippen molar-refractivity contribution in [1.29, 1.82) is 0 Å². The average molecular weight is 234 g/mol. The van der Waals surface area contributed by atoms with Crippen molar-refractivity contribution >= 4 is 12.3 Å². The Labute approximate surface area is 102 Å². The van der Waals surface area contributed by atoms with E-state index >= 15 is 0 Å². The fourth-order valence-corrected chi connectivity index (χ4v) is 1.76. The Morgan fingerprint density at radius 2 is 2.06 bits per heavy atom. The molecule has 0 aliphatic carbocycles. The zero-order valence-electron chi connectivity index (χ0n) is 10.4. The van der Waals surface area contributed by atoms with Gasteiger partial charge in [0.1, 0.15) is 6.29 Å². The molecule has 0 atom stereocenters.